The Bertz CT molecular complexity index is 904. The molecule has 2 heterocycles. The number of benzene rings is 1. The highest BCUT2D eigenvalue weighted by Gasteiger charge is 2.29. The maximum Gasteiger partial charge on any atom is 0.338 e. The van der Waals surface area contributed by atoms with Crippen molar-refractivity contribution in [3.05, 3.63) is 47.1 Å². The Balaban J connectivity index is 1.79. The second kappa shape index (κ2) is 7.55. The molecule has 1 fully saturated rings. The van der Waals surface area contributed by atoms with Crippen molar-refractivity contribution in [1.82, 2.24) is 9.46 Å². The van der Waals surface area contributed by atoms with Crippen molar-refractivity contribution in [1.29, 1.82) is 0 Å². The van der Waals surface area contributed by atoms with Crippen LogP contribution >= 0.6 is 0 Å². The Morgan fingerprint density at radius 3 is 2.65 bits per heavy atom. The molecule has 26 heavy (non-hydrogen) atoms. The monoisotopic (exact) mass is 382 g/mol. The number of hydrogen-bond donors (Lipinski definition) is 0. The number of aromatic nitrogens is 1. The van der Waals surface area contributed by atoms with Crippen LogP contribution in [0.3, 0.4) is 0 Å². The number of aryl methyl sites for hydroxylation is 1. The summed E-state index contributed by atoms with van der Waals surface area (Å²) in [6.07, 6.45) is 2.42. The van der Waals surface area contributed by atoms with E-state index in [1.807, 2.05) is 0 Å². The van der Waals surface area contributed by atoms with E-state index in [2.05, 4.69) is 5.16 Å². The van der Waals surface area contributed by atoms with Gasteiger partial charge in [0.1, 0.15) is 10.7 Å². The van der Waals surface area contributed by atoms with Crippen molar-refractivity contribution in [2.75, 3.05) is 13.1 Å². The van der Waals surface area contributed by atoms with E-state index in [4.69, 9.17) is 9.26 Å². The fraction of sp³-hybridized carbons (Fsp3) is 0.412. The zero-order valence-corrected chi connectivity index (χ0v) is 15.1. The minimum atomic E-state index is -3.99. The molecule has 0 atom stereocenters. The molecule has 2 aromatic rings. The van der Waals surface area contributed by atoms with Gasteiger partial charge in [0.05, 0.1) is 11.3 Å². The van der Waals surface area contributed by atoms with Gasteiger partial charge in [-0.25, -0.2) is 17.6 Å². The first-order valence-electron chi connectivity index (χ1n) is 8.27. The summed E-state index contributed by atoms with van der Waals surface area (Å²) in [5.74, 6) is -1.30. The van der Waals surface area contributed by atoms with Gasteiger partial charge in [0.15, 0.2) is 12.4 Å². The van der Waals surface area contributed by atoms with Crippen molar-refractivity contribution in [3.8, 4) is 0 Å². The van der Waals surface area contributed by atoms with E-state index in [9.17, 15) is 17.6 Å². The lowest BCUT2D eigenvalue weighted by Crippen LogP contribution is -2.36. The number of nitrogens with zero attached hydrogens (tertiary/aromatic N) is 2. The molecule has 0 unspecified atom stereocenters. The number of halogens is 1. The first-order chi connectivity index (χ1) is 12.4. The van der Waals surface area contributed by atoms with Gasteiger partial charge in [0.2, 0.25) is 10.0 Å². The van der Waals surface area contributed by atoms with Crippen molar-refractivity contribution >= 4 is 16.0 Å². The largest absolute Gasteiger partial charge is 0.454 e. The summed E-state index contributed by atoms with van der Waals surface area (Å²) in [7, 11) is -3.99. The molecular formula is C17H19FN2O5S. The second-order valence-electron chi connectivity index (χ2n) is 6.12. The van der Waals surface area contributed by atoms with Crippen LogP contribution in [0.25, 0.3) is 0 Å². The highest BCUT2D eigenvalue weighted by molar-refractivity contribution is 7.89. The summed E-state index contributed by atoms with van der Waals surface area (Å²) < 4.78 is 50.8. The van der Waals surface area contributed by atoms with E-state index >= 15 is 0 Å². The van der Waals surface area contributed by atoms with Gasteiger partial charge in [-0.15, -0.1) is 0 Å². The van der Waals surface area contributed by atoms with Gasteiger partial charge in [0, 0.05) is 19.2 Å². The molecule has 7 nitrogen and oxygen atoms in total. The van der Waals surface area contributed by atoms with Crippen LogP contribution in [-0.4, -0.2) is 36.9 Å². The van der Waals surface area contributed by atoms with E-state index in [0.717, 1.165) is 31.4 Å². The molecule has 0 bridgehead atoms. The number of hydrogen-bond acceptors (Lipinski definition) is 6. The molecule has 0 amide bonds. The SMILES string of the molecule is Cc1cc(COC(=O)c2ccc(F)c(S(=O)(=O)N3CCCCC3)c2)on1. The van der Waals surface area contributed by atoms with Crippen molar-refractivity contribution < 1.29 is 26.9 Å². The van der Waals surface area contributed by atoms with E-state index in [0.29, 0.717) is 24.5 Å². The van der Waals surface area contributed by atoms with Gasteiger partial charge < -0.3 is 9.26 Å². The molecule has 1 aliphatic rings. The van der Waals surface area contributed by atoms with Crippen LogP contribution in [0, 0.1) is 12.7 Å². The lowest BCUT2D eigenvalue weighted by molar-refractivity contribution is 0.0437. The van der Waals surface area contributed by atoms with Crippen LogP contribution in [0.4, 0.5) is 4.39 Å². The minimum Gasteiger partial charge on any atom is -0.454 e. The Labute approximate surface area is 150 Å². The molecule has 1 aromatic heterocycles. The Morgan fingerprint density at radius 1 is 1.27 bits per heavy atom. The minimum absolute atomic E-state index is 0.0433. The summed E-state index contributed by atoms with van der Waals surface area (Å²) in [5, 5.41) is 3.68. The summed E-state index contributed by atoms with van der Waals surface area (Å²) in [4.78, 5) is 11.7. The molecule has 0 spiro atoms. The number of piperidine rings is 1. The third kappa shape index (κ3) is 3.94. The molecule has 0 N–H and O–H groups in total. The fourth-order valence-electron chi connectivity index (χ4n) is 2.78. The summed E-state index contributed by atoms with van der Waals surface area (Å²) in [6.45, 7) is 2.28. The predicted molar refractivity (Wildman–Crippen MR) is 89.4 cm³/mol. The lowest BCUT2D eigenvalue weighted by atomic mass is 10.2. The quantitative estimate of drug-likeness (QED) is 0.739. The standard InChI is InChI=1S/C17H19FN2O5S/c1-12-9-14(25-19-12)11-24-17(21)13-5-6-15(18)16(10-13)26(22,23)20-7-3-2-4-8-20/h5-6,9-10H,2-4,7-8,11H2,1H3. The Morgan fingerprint density at radius 2 is 2.00 bits per heavy atom. The summed E-state index contributed by atoms with van der Waals surface area (Å²) in [6, 6.07) is 4.79. The number of rotatable bonds is 5. The maximum absolute atomic E-state index is 14.2. The normalized spacial score (nSPS) is 15.8. The smallest absolute Gasteiger partial charge is 0.338 e. The topological polar surface area (TPSA) is 89.7 Å². The van der Waals surface area contributed by atoms with Crippen molar-refractivity contribution in [2.45, 2.75) is 37.7 Å². The number of carbonyl (C=O) groups is 1. The molecule has 0 radical (unpaired) electrons. The first-order valence-corrected chi connectivity index (χ1v) is 9.71. The summed E-state index contributed by atoms with van der Waals surface area (Å²) >= 11 is 0. The molecule has 1 aromatic carbocycles. The molecule has 140 valence electrons. The zero-order chi connectivity index (χ0) is 18.7. The third-order valence-corrected chi connectivity index (χ3v) is 6.04. The van der Waals surface area contributed by atoms with E-state index in [1.54, 1.807) is 13.0 Å². The van der Waals surface area contributed by atoms with E-state index < -0.39 is 26.7 Å². The van der Waals surface area contributed by atoms with Gasteiger partial charge >= 0.3 is 5.97 Å². The zero-order valence-electron chi connectivity index (χ0n) is 14.3. The van der Waals surface area contributed by atoms with Crippen LogP contribution < -0.4 is 0 Å². The maximum atomic E-state index is 14.2. The van der Waals surface area contributed by atoms with Crippen molar-refractivity contribution in [3.63, 3.8) is 0 Å². The van der Waals surface area contributed by atoms with E-state index in [1.165, 1.54) is 10.4 Å². The highest BCUT2D eigenvalue weighted by atomic mass is 32.2. The number of ether oxygens (including phenoxy) is 1. The van der Waals surface area contributed by atoms with Gasteiger partial charge in [-0.3, -0.25) is 0 Å². The Kier molecular flexibility index (Phi) is 5.38. The molecular weight excluding hydrogens is 363 g/mol. The lowest BCUT2D eigenvalue weighted by Gasteiger charge is -2.26. The second-order valence-corrected chi connectivity index (χ2v) is 8.03. The van der Waals surface area contributed by atoms with E-state index in [-0.39, 0.29) is 12.2 Å². The summed E-state index contributed by atoms with van der Waals surface area (Å²) in [5.41, 5.74) is 0.603. The van der Waals surface area contributed by atoms with Crippen molar-refractivity contribution in [2.24, 2.45) is 0 Å². The number of esters is 1. The predicted octanol–water partition coefficient (Wildman–Crippen LogP) is 2.65. The number of carbonyl (C=O) groups excluding carboxylic acids is 1. The van der Waals surface area contributed by atoms with Gasteiger partial charge in [-0.1, -0.05) is 11.6 Å². The molecule has 1 aliphatic heterocycles. The third-order valence-electron chi connectivity index (χ3n) is 4.12. The molecule has 0 aliphatic carbocycles. The Hall–Kier alpha value is -2.26. The van der Waals surface area contributed by atoms with Gasteiger partial charge in [-0.05, 0) is 38.0 Å². The van der Waals surface area contributed by atoms with Gasteiger partial charge in [0.25, 0.3) is 0 Å². The van der Waals surface area contributed by atoms with Crippen LogP contribution in [0.2, 0.25) is 0 Å². The fourth-order valence-corrected chi connectivity index (χ4v) is 4.38. The van der Waals surface area contributed by atoms with Gasteiger partial charge in [-0.2, -0.15) is 4.31 Å². The number of sulfonamides is 1. The average molecular weight is 382 g/mol. The van der Waals surface area contributed by atoms with Crippen LogP contribution in [0.1, 0.15) is 41.1 Å². The molecule has 0 saturated carbocycles. The van der Waals surface area contributed by atoms with Crippen LogP contribution in [-0.2, 0) is 21.4 Å². The molecule has 3 rings (SSSR count). The molecule has 1 saturated heterocycles. The highest BCUT2D eigenvalue weighted by Crippen LogP contribution is 2.24. The first kappa shape index (κ1) is 18.5. The average Bonchev–Trinajstić information content (AvgIpc) is 3.06. The molecule has 9 heteroatoms. The van der Waals surface area contributed by atoms with Crippen LogP contribution in [0.5, 0.6) is 0 Å². The van der Waals surface area contributed by atoms with Crippen LogP contribution in [0.15, 0.2) is 33.7 Å².